The summed E-state index contributed by atoms with van der Waals surface area (Å²) in [5.74, 6) is -1.29. The third-order valence-corrected chi connectivity index (χ3v) is 2.79. The highest BCUT2D eigenvalue weighted by Crippen LogP contribution is 2.29. The molecular formula is C17H18O6. The van der Waals surface area contributed by atoms with Gasteiger partial charge in [0.2, 0.25) is 0 Å². The van der Waals surface area contributed by atoms with E-state index in [0.29, 0.717) is 11.3 Å². The Morgan fingerprint density at radius 1 is 1.22 bits per heavy atom. The minimum atomic E-state index is -1.02. The molecule has 0 fully saturated rings. The van der Waals surface area contributed by atoms with Crippen molar-refractivity contribution in [2.45, 2.75) is 19.8 Å². The Kier molecular flexibility index (Phi) is 6.73. The van der Waals surface area contributed by atoms with Gasteiger partial charge in [-0.25, -0.2) is 4.79 Å². The second kappa shape index (κ2) is 8.53. The molecule has 0 amide bonds. The number of methoxy groups -OCH3 is 1. The monoisotopic (exact) mass is 318 g/mol. The lowest BCUT2D eigenvalue weighted by Crippen LogP contribution is -2.09. The van der Waals surface area contributed by atoms with Gasteiger partial charge >= 0.3 is 11.9 Å². The SMILES string of the molecule is C=C(C)C(=O)Oc1ccc(/C=C/C(=O)CCC(=O)O)cc1OC. The van der Waals surface area contributed by atoms with E-state index >= 15 is 0 Å². The van der Waals surface area contributed by atoms with Gasteiger partial charge in [-0.1, -0.05) is 18.7 Å². The highest BCUT2D eigenvalue weighted by Gasteiger charge is 2.11. The van der Waals surface area contributed by atoms with Crippen LogP contribution >= 0.6 is 0 Å². The van der Waals surface area contributed by atoms with Gasteiger partial charge in [-0.05, 0) is 30.7 Å². The summed E-state index contributed by atoms with van der Waals surface area (Å²) in [6.45, 7) is 5.03. The van der Waals surface area contributed by atoms with Gasteiger partial charge in [0.1, 0.15) is 0 Å². The fourth-order valence-electron chi connectivity index (χ4n) is 1.56. The number of carboxylic acid groups (broad SMARTS) is 1. The van der Waals surface area contributed by atoms with Crippen LogP contribution in [0.15, 0.2) is 36.4 Å². The van der Waals surface area contributed by atoms with Crippen LogP contribution in [0.5, 0.6) is 11.5 Å². The molecule has 1 rings (SSSR count). The topological polar surface area (TPSA) is 89.9 Å². The van der Waals surface area contributed by atoms with Gasteiger partial charge in [-0.3, -0.25) is 9.59 Å². The molecule has 0 saturated carbocycles. The number of carboxylic acids is 1. The molecule has 0 saturated heterocycles. The zero-order chi connectivity index (χ0) is 17.4. The number of hydrogen-bond donors (Lipinski definition) is 1. The van der Waals surface area contributed by atoms with Gasteiger partial charge in [-0.2, -0.15) is 0 Å². The van der Waals surface area contributed by atoms with Crippen molar-refractivity contribution in [1.82, 2.24) is 0 Å². The van der Waals surface area contributed by atoms with Crippen LogP contribution in [-0.4, -0.2) is 29.9 Å². The predicted molar refractivity (Wildman–Crippen MR) is 84.4 cm³/mol. The molecule has 0 aliphatic heterocycles. The van der Waals surface area contributed by atoms with Crippen molar-refractivity contribution in [2.24, 2.45) is 0 Å². The van der Waals surface area contributed by atoms with Gasteiger partial charge in [0.05, 0.1) is 13.5 Å². The summed E-state index contributed by atoms with van der Waals surface area (Å²) in [7, 11) is 1.43. The molecule has 1 aromatic rings. The third kappa shape index (κ3) is 6.17. The quantitative estimate of drug-likeness (QED) is 0.450. The van der Waals surface area contributed by atoms with Crippen LogP contribution in [-0.2, 0) is 14.4 Å². The van der Waals surface area contributed by atoms with Crippen molar-refractivity contribution in [2.75, 3.05) is 7.11 Å². The smallest absolute Gasteiger partial charge is 0.338 e. The molecule has 0 radical (unpaired) electrons. The molecule has 1 N–H and O–H groups in total. The third-order valence-electron chi connectivity index (χ3n) is 2.79. The summed E-state index contributed by atoms with van der Waals surface area (Å²) in [6.07, 6.45) is 2.58. The number of carbonyl (C=O) groups is 3. The predicted octanol–water partition coefficient (Wildman–Crippen LogP) is 2.62. The van der Waals surface area contributed by atoms with E-state index in [4.69, 9.17) is 14.6 Å². The summed E-state index contributed by atoms with van der Waals surface area (Å²) in [5, 5.41) is 8.52. The molecule has 0 atom stereocenters. The van der Waals surface area contributed by atoms with Crippen molar-refractivity contribution in [1.29, 1.82) is 0 Å². The number of aliphatic carboxylic acids is 1. The van der Waals surface area contributed by atoms with E-state index in [2.05, 4.69) is 6.58 Å². The van der Waals surface area contributed by atoms with Gasteiger partial charge < -0.3 is 14.6 Å². The number of ketones is 1. The molecule has 0 aliphatic carbocycles. The van der Waals surface area contributed by atoms with Crippen LogP contribution in [0.4, 0.5) is 0 Å². The number of ether oxygens (including phenoxy) is 2. The number of carbonyl (C=O) groups excluding carboxylic acids is 2. The molecule has 1 aromatic carbocycles. The normalized spacial score (nSPS) is 10.3. The van der Waals surface area contributed by atoms with Crippen molar-refractivity contribution >= 4 is 23.8 Å². The maximum Gasteiger partial charge on any atom is 0.338 e. The zero-order valence-corrected chi connectivity index (χ0v) is 13.0. The van der Waals surface area contributed by atoms with E-state index in [1.807, 2.05) is 0 Å². The minimum absolute atomic E-state index is 0.0583. The van der Waals surface area contributed by atoms with E-state index in [-0.39, 0.29) is 29.9 Å². The molecule has 0 aromatic heterocycles. The summed E-state index contributed by atoms with van der Waals surface area (Å²) in [5.41, 5.74) is 0.917. The Morgan fingerprint density at radius 3 is 2.48 bits per heavy atom. The lowest BCUT2D eigenvalue weighted by molar-refractivity contribution is -0.138. The average molecular weight is 318 g/mol. The van der Waals surface area contributed by atoms with Gasteiger partial charge in [0.25, 0.3) is 0 Å². The van der Waals surface area contributed by atoms with Crippen molar-refractivity contribution in [3.05, 3.63) is 42.0 Å². The fourth-order valence-corrected chi connectivity index (χ4v) is 1.56. The number of esters is 1. The van der Waals surface area contributed by atoms with Crippen LogP contribution in [0.3, 0.4) is 0 Å². The molecule has 0 aliphatic rings. The number of benzene rings is 1. The molecule has 6 heteroatoms. The summed E-state index contributed by atoms with van der Waals surface area (Å²) >= 11 is 0. The van der Waals surface area contributed by atoms with Crippen LogP contribution < -0.4 is 9.47 Å². The van der Waals surface area contributed by atoms with Gasteiger partial charge in [0.15, 0.2) is 17.3 Å². The first-order chi connectivity index (χ1) is 10.8. The maximum atomic E-state index is 11.5. The van der Waals surface area contributed by atoms with Crippen LogP contribution in [0.2, 0.25) is 0 Å². The van der Waals surface area contributed by atoms with E-state index in [9.17, 15) is 14.4 Å². The van der Waals surface area contributed by atoms with Crippen LogP contribution in [0, 0.1) is 0 Å². The molecule has 0 unspecified atom stereocenters. The van der Waals surface area contributed by atoms with Crippen molar-refractivity contribution in [3.63, 3.8) is 0 Å². The molecule has 0 spiro atoms. The van der Waals surface area contributed by atoms with Crippen molar-refractivity contribution < 1.29 is 29.0 Å². The fraction of sp³-hybridized carbons (Fsp3) is 0.235. The standard InChI is InChI=1S/C17H18O6/c1-11(2)17(21)23-14-8-5-12(10-15(14)22-3)4-6-13(18)7-9-16(19)20/h4-6,8,10H,1,7,9H2,2-3H3,(H,19,20)/b6-4+. The number of hydrogen-bond acceptors (Lipinski definition) is 5. The average Bonchev–Trinajstić information content (AvgIpc) is 2.51. The van der Waals surface area contributed by atoms with E-state index in [1.165, 1.54) is 26.2 Å². The van der Waals surface area contributed by atoms with Crippen LogP contribution in [0.1, 0.15) is 25.3 Å². The largest absolute Gasteiger partial charge is 0.493 e. The lowest BCUT2D eigenvalue weighted by atomic mass is 10.1. The zero-order valence-electron chi connectivity index (χ0n) is 13.0. The highest BCUT2D eigenvalue weighted by atomic mass is 16.6. The van der Waals surface area contributed by atoms with Crippen molar-refractivity contribution in [3.8, 4) is 11.5 Å². The summed E-state index contributed by atoms with van der Waals surface area (Å²) in [4.78, 5) is 33.4. The molecule has 0 bridgehead atoms. The van der Waals surface area contributed by atoms with Gasteiger partial charge in [0, 0.05) is 12.0 Å². The van der Waals surface area contributed by atoms with E-state index in [0.717, 1.165) is 0 Å². The first-order valence-electron chi connectivity index (χ1n) is 6.82. The first kappa shape index (κ1) is 18.2. The lowest BCUT2D eigenvalue weighted by Gasteiger charge is -2.09. The Hall–Kier alpha value is -2.89. The van der Waals surface area contributed by atoms with Crippen LogP contribution in [0.25, 0.3) is 6.08 Å². The maximum absolute atomic E-state index is 11.5. The highest BCUT2D eigenvalue weighted by molar-refractivity contribution is 5.95. The Balaban J connectivity index is 2.82. The Bertz CT molecular complexity index is 657. The molecule has 122 valence electrons. The molecular weight excluding hydrogens is 300 g/mol. The second-order valence-corrected chi connectivity index (χ2v) is 4.77. The Labute approximate surface area is 134 Å². The number of allylic oxidation sites excluding steroid dienone is 1. The summed E-state index contributed by atoms with van der Waals surface area (Å²) < 4.78 is 10.3. The Morgan fingerprint density at radius 2 is 1.91 bits per heavy atom. The van der Waals surface area contributed by atoms with Gasteiger partial charge in [-0.15, -0.1) is 0 Å². The second-order valence-electron chi connectivity index (χ2n) is 4.77. The molecule has 0 heterocycles. The molecule has 6 nitrogen and oxygen atoms in total. The van der Waals surface area contributed by atoms with E-state index in [1.54, 1.807) is 18.2 Å². The molecule has 23 heavy (non-hydrogen) atoms. The minimum Gasteiger partial charge on any atom is -0.493 e. The first-order valence-corrected chi connectivity index (χ1v) is 6.82. The van der Waals surface area contributed by atoms with E-state index < -0.39 is 11.9 Å². The summed E-state index contributed by atoms with van der Waals surface area (Å²) in [6, 6.07) is 4.79. The number of rotatable bonds is 8.